The van der Waals surface area contributed by atoms with Gasteiger partial charge in [-0.15, -0.1) is 0 Å². The molecular formula is C69H42F3N5. The quantitative estimate of drug-likeness (QED) is 0.164. The Balaban J connectivity index is 1.08. The van der Waals surface area contributed by atoms with E-state index in [1.165, 1.54) is 12.1 Å². The highest BCUT2D eigenvalue weighted by atomic mass is 19.4. The Morgan fingerprint density at radius 3 is 1.30 bits per heavy atom. The molecule has 5 nitrogen and oxygen atoms in total. The molecule has 0 saturated carbocycles. The van der Waals surface area contributed by atoms with Crippen LogP contribution < -0.4 is 0 Å². The molecule has 0 radical (unpaired) electrons. The lowest BCUT2D eigenvalue weighted by atomic mass is 9.93. The predicted molar refractivity (Wildman–Crippen MR) is 309 cm³/mol. The molecule has 77 heavy (non-hydrogen) atoms. The second-order valence-electron chi connectivity index (χ2n) is 20.0. The van der Waals surface area contributed by atoms with E-state index in [-0.39, 0.29) is 0 Å². The highest BCUT2D eigenvalue weighted by Crippen LogP contribution is 2.48. The number of hydrogen-bond donors (Lipinski definition) is 0. The van der Waals surface area contributed by atoms with Gasteiger partial charge in [-0.05, 0) is 127 Å². The SMILES string of the molecule is Cc1cc(-c2ccc(-n3c4ccccc4c4c3ccc3c5ccccc5n(-c5ccccc5)c34)c(-c3cc(C#N)ccc3-n3c4ccccc4c4c3ccc3c5ccccc5n(-c5ccccc5)c34)c2)cc(C(F)(F)F)c1. The number of benzene rings is 11. The van der Waals surface area contributed by atoms with E-state index in [1.807, 2.05) is 54.6 Å². The fraction of sp³-hybridized carbons (Fsp3) is 0.0290. The average Bonchev–Trinajstić information content (AvgIpc) is 4.36. The van der Waals surface area contributed by atoms with E-state index in [0.29, 0.717) is 22.3 Å². The van der Waals surface area contributed by atoms with Gasteiger partial charge in [0.2, 0.25) is 0 Å². The molecule has 11 aromatic carbocycles. The van der Waals surface area contributed by atoms with Crippen molar-refractivity contribution in [2.45, 2.75) is 13.1 Å². The van der Waals surface area contributed by atoms with E-state index < -0.39 is 11.7 Å². The van der Waals surface area contributed by atoms with Crippen LogP contribution in [0.4, 0.5) is 13.2 Å². The summed E-state index contributed by atoms with van der Waals surface area (Å²) in [6, 6.07) is 82.2. The molecule has 0 spiro atoms. The molecule has 4 heterocycles. The molecule has 15 aromatic rings. The van der Waals surface area contributed by atoms with E-state index in [0.717, 1.165) is 121 Å². The van der Waals surface area contributed by atoms with Crippen molar-refractivity contribution < 1.29 is 13.2 Å². The van der Waals surface area contributed by atoms with Crippen LogP contribution in [0.25, 0.3) is 132 Å². The van der Waals surface area contributed by atoms with Crippen molar-refractivity contribution in [3.05, 3.63) is 253 Å². The first-order chi connectivity index (χ1) is 37.7. The molecule has 0 saturated heterocycles. The van der Waals surface area contributed by atoms with Crippen molar-refractivity contribution in [2.75, 3.05) is 0 Å². The normalized spacial score (nSPS) is 12.1. The van der Waals surface area contributed by atoms with Crippen LogP contribution in [0, 0.1) is 18.3 Å². The van der Waals surface area contributed by atoms with E-state index >= 15 is 0 Å². The minimum Gasteiger partial charge on any atom is -0.309 e. The summed E-state index contributed by atoms with van der Waals surface area (Å²) in [5, 5.41) is 19.6. The zero-order valence-electron chi connectivity index (χ0n) is 41.4. The monoisotopic (exact) mass is 997 g/mol. The molecule has 0 unspecified atom stereocenters. The van der Waals surface area contributed by atoms with Crippen molar-refractivity contribution in [2.24, 2.45) is 0 Å². The summed E-state index contributed by atoms with van der Waals surface area (Å²) >= 11 is 0. The number of hydrogen-bond acceptors (Lipinski definition) is 1. The zero-order chi connectivity index (χ0) is 51.7. The van der Waals surface area contributed by atoms with E-state index in [4.69, 9.17) is 0 Å². The standard InChI is InChI=1S/C69H42F3N5/c1-42-36-45(39-46(37-42)69(70,71)72)44-29-33-62(77-60-27-15-11-23-54(60)66-64(77)35-31-52-50-21-9-13-25-58(50)75(68(52)66)48-18-6-3-7-19-48)56(40-44)55-38-43(41-73)28-32-61(55)76-59-26-14-10-22-53(59)65-63(76)34-30-51-49-20-8-12-24-57(49)74(67(51)65)47-16-4-2-5-17-47/h2-40H,1H3. The van der Waals surface area contributed by atoms with Gasteiger partial charge in [0.1, 0.15) is 0 Å². The lowest BCUT2D eigenvalue weighted by Crippen LogP contribution is -2.05. The van der Waals surface area contributed by atoms with Crippen molar-refractivity contribution >= 4 is 87.2 Å². The molecule has 0 bridgehead atoms. The predicted octanol–water partition coefficient (Wildman–Crippen LogP) is 18.6. The number of aromatic nitrogens is 4. The highest BCUT2D eigenvalue weighted by Gasteiger charge is 2.32. The molecule has 0 amide bonds. The first-order valence-electron chi connectivity index (χ1n) is 25.6. The van der Waals surface area contributed by atoms with Gasteiger partial charge in [-0.3, -0.25) is 0 Å². The van der Waals surface area contributed by atoms with Gasteiger partial charge in [-0.1, -0.05) is 133 Å². The number of nitrogens with zero attached hydrogens (tertiary/aromatic N) is 5. The van der Waals surface area contributed by atoms with Gasteiger partial charge in [0.25, 0.3) is 0 Å². The fourth-order valence-corrected chi connectivity index (χ4v) is 12.5. The molecule has 4 aromatic heterocycles. The third-order valence-electron chi connectivity index (χ3n) is 15.6. The molecule has 0 aliphatic heterocycles. The maximum Gasteiger partial charge on any atom is 0.416 e. The maximum absolute atomic E-state index is 14.7. The third-order valence-corrected chi connectivity index (χ3v) is 15.6. The molecule has 0 aliphatic rings. The molecule has 364 valence electrons. The number of nitriles is 1. The number of aryl methyl sites for hydroxylation is 1. The average molecular weight is 998 g/mol. The van der Waals surface area contributed by atoms with Crippen LogP contribution >= 0.6 is 0 Å². The molecular weight excluding hydrogens is 956 g/mol. The first kappa shape index (κ1) is 44.4. The van der Waals surface area contributed by atoms with Crippen molar-refractivity contribution in [3.63, 3.8) is 0 Å². The van der Waals surface area contributed by atoms with Crippen molar-refractivity contribution in [1.29, 1.82) is 5.26 Å². The number of fused-ring (bicyclic) bond motifs is 14. The minimum atomic E-state index is -4.55. The Morgan fingerprint density at radius 1 is 0.364 bits per heavy atom. The number of halogens is 3. The Bertz CT molecular complexity index is 4990. The Labute approximate surface area is 439 Å². The van der Waals surface area contributed by atoms with Gasteiger partial charge in [-0.2, -0.15) is 18.4 Å². The number of alkyl halides is 3. The summed E-state index contributed by atoms with van der Waals surface area (Å²) in [4.78, 5) is 0. The van der Waals surface area contributed by atoms with E-state index in [1.54, 1.807) is 6.92 Å². The second kappa shape index (κ2) is 16.7. The third kappa shape index (κ3) is 6.60. The Morgan fingerprint density at radius 2 is 0.805 bits per heavy atom. The number of rotatable bonds is 6. The topological polar surface area (TPSA) is 43.5 Å². The van der Waals surface area contributed by atoms with Crippen LogP contribution in [0.5, 0.6) is 0 Å². The molecule has 0 N–H and O–H groups in total. The zero-order valence-corrected chi connectivity index (χ0v) is 41.4. The summed E-state index contributed by atoms with van der Waals surface area (Å²) in [6.07, 6.45) is -4.55. The lowest BCUT2D eigenvalue weighted by Gasteiger charge is -2.20. The van der Waals surface area contributed by atoms with E-state index in [2.05, 4.69) is 194 Å². The van der Waals surface area contributed by atoms with Crippen LogP contribution in [-0.4, -0.2) is 18.3 Å². The van der Waals surface area contributed by atoms with Crippen LogP contribution in [0.3, 0.4) is 0 Å². The molecule has 15 rings (SSSR count). The lowest BCUT2D eigenvalue weighted by molar-refractivity contribution is -0.137. The molecule has 0 atom stereocenters. The van der Waals surface area contributed by atoms with Crippen LogP contribution in [-0.2, 0) is 6.18 Å². The van der Waals surface area contributed by atoms with Gasteiger partial charge < -0.3 is 18.3 Å². The smallest absolute Gasteiger partial charge is 0.309 e. The minimum absolute atomic E-state index is 0.437. The summed E-state index contributed by atoms with van der Waals surface area (Å²) in [6.45, 7) is 1.70. The van der Waals surface area contributed by atoms with Gasteiger partial charge in [0, 0.05) is 65.6 Å². The van der Waals surface area contributed by atoms with Gasteiger partial charge in [-0.25, -0.2) is 0 Å². The van der Waals surface area contributed by atoms with Crippen molar-refractivity contribution in [1.82, 2.24) is 18.3 Å². The van der Waals surface area contributed by atoms with Crippen LogP contribution in [0.2, 0.25) is 0 Å². The highest BCUT2D eigenvalue weighted by molar-refractivity contribution is 6.28. The van der Waals surface area contributed by atoms with Gasteiger partial charge >= 0.3 is 6.18 Å². The second-order valence-corrected chi connectivity index (χ2v) is 20.0. The Hall–Kier alpha value is -10.1. The number of para-hydroxylation sites is 6. The molecule has 8 heteroatoms. The van der Waals surface area contributed by atoms with Crippen LogP contribution in [0.1, 0.15) is 16.7 Å². The van der Waals surface area contributed by atoms with E-state index in [9.17, 15) is 18.4 Å². The summed E-state index contributed by atoms with van der Waals surface area (Å²) in [5.74, 6) is 0. The van der Waals surface area contributed by atoms with Crippen LogP contribution in [0.15, 0.2) is 237 Å². The van der Waals surface area contributed by atoms with Gasteiger partial charge in [0.05, 0.1) is 72.7 Å². The molecule has 0 fully saturated rings. The Kier molecular flexibility index (Phi) is 9.63. The largest absolute Gasteiger partial charge is 0.416 e. The first-order valence-corrected chi connectivity index (χ1v) is 25.6. The summed E-state index contributed by atoms with van der Waals surface area (Å²) in [7, 11) is 0. The fourth-order valence-electron chi connectivity index (χ4n) is 12.5. The molecule has 0 aliphatic carbocycles. The van der Waals surface area contributed by atoms with Gasteiger partial charge in [0.15, 0.2) is 0 Å². The maximum atomic E-state index is 14.7. The van der Waals surface area contributed by atoms with Crippen molar-refractivity contribution in [3.8, 4) is 51.1 Å². The summed E-state index contributed by atoms with van der Waals surface area (Å²) < 4.78 is 53.3. The summed E-state index contributed by atoms with van der Waals surface area (Å²) in [5.41, 5.74) is 14.6.